The summed E-state index contributed by atoms with van der Waals surface area (Å²) in [7, 11) is 0. The average molecular weight is 334 g/mol. The zero-order valence-corrected chi connectivity index (χ0v) is 14.3. The Labute approximate surface area is 142 Å². The van der Waals surface area contributed by atoms with Crippen LogP contribution in [-0.4, -0.2) is 47.1 Å². The van der Waals surface area contributed by atoms with Crippen molar-refractivity contribution in [3.63, 3.8) is 0 Å². The summed E-state index contributed by atoms with van der Waals surface area (Å²) in [5.41, 5.74) is 2.10. The monoisotopic (exact) mass is 334 g/mol. The molecule has 6 nitrogen and oxygen atoms in total. The Bertz CT molecular complexity index is 557. The molecule has 2 N–H and O–H groups in total. The summed E-state index contributed by atoms with van der Waals surface area (Å²) in [6, 6.07) is 7.39. The Morgan fingerprint density at radius 3 is 2.58 bits per heavy atom. The molecule has 0 aromatic heterocycles. The number of hydrogen-bond acceptors (Lipinski definition) is 4. The highest BCUT2D eigenvalue weighted by atomic mass is 16.5. The number of carbonyl (C=O) groups is 2. The number of carboxylic acids is 1. The molecule has 0 radical (unpaired) electrons. The molecule has 0 spiro atoms. The standard InChI is InChI=1S/C18H26N2O4/c1-13(2)24-12-15-7-5-14(6-8-15)10-19-17(21)11-20-9-3-4-16(20)18(22)23/h5-8,13,16H,3-4,9-12H2,1-2H3,(H,19,21)(H,22,23)/t16-/m1/s1. The first kappa shape index (κ1) is 18.4. The third-order valence-corrected chi connectivity index (χ3v) is 4.09. The van der Waals surface area contributed by atoms with Gasteiger partial charge in [-0.2, -0.15) is 0 Å². The lowest BCUT2D eigenvalue weighted by Crippen LogP contribution is -2.42. The second-order valence-corrected chi connectivity index (χ2v) is 6.42. The average Bonchev–Trinajstić information content (AvgIpc) is 3.00. The molecule has 1 aromatic carbocycles. The number of benzene rings is 1. The lowest BCUT2D eigenvalue weighted by Gasteiger charge is -2.20. The number of nitrogens with zero attached hydrogens (tertiary/aromatic N) is 1. The normalized spacial score (nSPS) is 18.0. The van der Waals surface area contributed by atoms with E-state index in [1.807, 2.05) is 38.1 Å². The van der Waals surface area contributed by atoms with Gasteiger partial charge in [0.2, 0.25) is 5.91 Å². The minimum Gasteiger partial charge on any atom is -0.480 e. The maximum Gasteiger partial charge on any atom is 0.320 e. The highest BCUT2D eigenvalue weighted by Gasteiger charge is 2.31. The van der Waals surface area contributed by atoms with Crippen LogP contribution in [0.15, 0.2) is 24.3 Å². The minimum absolute atomic E-state index is 0.136. The van der Waals surface area contributed by atoms with Gasteiger partial charge in [-0.3, -0.25) is 14.5 Å². The largest absolute Gasteiger partial charge is 0.480 e. The molecule has 1 atom stereocenters. The Morgan fingerprint density at radius 1 is 1.29 bits per heavy atom. The van der Waals surface area contributed by atoms with E-state index in [0.29, 0.717) is 26.1 Å². The molecule has 1 fully saturated rings. The SMILES string of the molecule is CC(C)OCc1ccc(CNC(=O)CN2CCC[C@@H]2C(=O)O)cc1. The van der Waals surface area contributed by atoms with Crippen LogP contribution in [0.25, 0.3) is 0 Å². The number of likely N-dealkylation sites (tertiary alicyclic amines) is 1. The molecular weight excluding hydrogens is 308 g/mol. The third kappa shape index (κ3) is 5.62. The van der Waals surface area contributed by atoms with E-state index >= 15 is 0 Å². The van der Waals surface area contributed by atoms with Crippen LogP contribution >= 0.6 is 0 Å². The van der Waals surface area contributed by atoms with Crippen molar-refractivity contribution in [2.45, 2.75) is 52.0 Å². The quantitative estimate of drug-likeness (QED) is 0.757. The van der Waals surface area contributed by atoms with E-state index in [2.05, 4.69) is 5.32 Å². The van der Waals surface area contributed by atoms with E-state index in [9.17, 15) is 9.59 Å². The van der Waals surface area contributed by atoms with Crippen molar-refractivity contribution in [1.29, 1.82) is 0 Å². The topological polar surface area (TPSA) is 78.9 Å². The maximum absolute atomic E-state index is 12.0. The van der Waals surface area contributed by atoms with Gasteiger partial charge in [-0.25, -0.2) is 0 Å². The van der Waals surface area contributed by atoms with Crippen LogP contribution in [0.1, 0.15) is 37.8 Å². The van der Waals surface area contributed by atoms with Crippen LogP contribution < -0.4 is 5.32 Å². The summed E-state index contributed by atoms with van der Waals surface area (Å²) in [6.45, 7) is 5.82. The van der Waals surface area contributed by atoms with Crippen LogP contribution in [0.3, 0.4) is 0 Å². The van der Waals surface area contributed by atoms with Crippen LogP contribution in [0.4, 0.5) is 0 Å². The Morgan fingerprint density at radius 2 is 1.96 bits per heavy atom. The van der Waals surface area contributed by atoms with Gasteiger partial charge in [0.15, 0.2) is 0 Å². The number of hydrogen-bond donors (Lipinski definition) is 2. The van der Waals surface area contributed by atoms with Crippen LogP contribution in [-0.2, 0) is 27.5 Å². The van der Waals surface area contributed by atoms with Crippen molar-refractivity contribution in [2.75, 3.05) is 13.1 Å². The van der Waals surface area contributed by atoms with E-state index in [-0.39, 0.29) is 18.6 Å². The number of amides is 1. The number of rotatable bonds is 8. The smallest absolute Gasteiger partial charge is 0.320 e. The van der Waals surface area contributed by atoms with Crippen molar-refractivity contribution in [3.8, 4) is 0 Å². The Balaban J connectivity index is 1.76. The van der Waals surface area contributed by atoms with E-state index in [4.69, 9.17) is 9.84 Å². The maximum atomic E-state index is 12.0. The van der Waals surface area contributed by atoms with Crippen molar-refractivity contribution in [1.82, 2.24) is 10.2 Å². The summed E-state index contributed by atoms with van der Waals surface area (Å²) < 4.78 is 5.55. The highest BCUT2D eigenvalue weighted by Crippen LogP contribution is 2.16. The van der Waals surface area contributed by atoms with Gasteiger partial charge in [0.05, 0.1) is 19.3 Å². The zero-order chi connectivity index (χ0) is 17.5. The van der Waals surface area contributed by atoms with Crippen molar-refractivity contribution in [2.24, 2.45) is 0 Å². The number of aliphatic carboxylic acids is 1. The molecule has 1 amide bonds. The number of nitrogens with one attached hydrogen (secondary N) is 1. The molecule has 1 aliphatic rings. The fourth-order valence-electron chi connectivity index (χ4n) is 2.75. The first-order valence-corrected chi connectivity index (χ1v) is 8.38. The molecule has 0 unspecified atom stereocenters. The molecule has 6 heteroatoms. The predicted octanol–water partition coefficient (Wildman–Crippen LogP) is 1.78. The van der Waals surface area contributed by atoms with E-state index in [1.165, 1.54) is 0 Å². The van der Waals surface area contributed by atoms with Gasteiger partial charge in [0, 0.05) is 6.54 Å². The second kappa shape index (κ2) is 8.80. The molecule has 0 aliphatic carbocycles. The summed E-state index contributed by atoms with van der Waals surface area (Å²) in [5.74, 6) is -0.991. The van der Waals surface area contributed by atoms with E-state index < -0.39 is 12.0 Å². The molecule has 1 saturated heterocycles. The number of carboxylic acid groups (broad SMARTS) is 1. The summed E-state index contributed by atoms with van der Waals surface area (Å²) in [6.07, 6.45) is 1.64. The highest BCUT2D eigenvalue weighted by molar-refractivity contribution is 5.80. The molecule has 1 heterocycles. The first-order chi connectivity index (χ1) is 11.5. The minimum atomic E-state index is -0.848. The summed E-state index contributed by atoms with van der Waals surface area (Å²) in [5, 5.41) is 12.0. The van der Waals surface area contributed by atoms with Gasteiger partial charge in [-0.15, -0.1) is 0 Å². The van der Waals surface area contributed by atoms with Gasteiger partial charge in [0.25, 0.3) is 0 Å². The Hall–Kier alpha value is -1.92. The van der Waals surface area contributed by atoms with Crippen molar-refractivity contribution in [3.05, 3.63) is 35.4 Å². The molecular formula is C18H26N2O4. The van der Waals surface area contributed by atoms with E-state index in [1.54, 1.807) is 4.90 Å². The van der Waals surface area contributed by atoms with Gasteiger partial charge in [0.1, 0.15) is 6.04 Å². The van der Waals surface area contributed by atoms with Gasteiger partial charge < -0.3 is 15.2 Å². The summed E-state index contributed by atoms with van der Waals surface area (Å²) >= 11 is 0. The molecule has 2 rings (SSSR count). The molecule has 24 heavy (non-hydrogen) atoms. The zero-order valence-electron chi connectivity index (χ0n) is 14.3. The number of ether oxygens (including phenoxy) is 1. The lowest BCUT2D eigenvalue weighted by atomic mass is 10.1. The predicted molar refractivity (Wildman–Crippen MR) is 90.4 cm³/mol. The third-order valence-electron chi connectivity index (χ3n) is 4.09. The lowest BCUT2D eigenvalue weighted by molar-refractivity contribution is -0.142. The molecule has 1 aliphatic heterocycles. The van der Waals surface area contributed by atoms with Gasteiger partial charge >= 0.3 is 5.97 Å². The van der Waals surface area contributed by atoms with Gasteiger partial charge in [-0.1, -0.05) is 24.3 Å². The van der Waals surface area contributed by atoms with E-state index in [0.717, 1.165) is 17.5 Å². The molecule has 0 bridgehead atoms. The van der Waals surface area contributed by atoms with Crippen LogP contribution in [0.2, 0.25) is 0 Å². The Kier molecular flexibility index (Phi) is 6.75. The first-order valence-electron chi connectivity index (χ1n) is 8.38. The van der Waals surface area contributed by atoms with Crippen LogP contribution in [0.5, 0.6) is 0 Å². The number of carbonyl (C=O) groups excluding carboxylic acids is 1. The fraction of sp³-hybridized carbons (Fsp3) is 0.556. The fourth-order valence-corrected chi connectivity index (χ4v) is 2.75. The summed E-state index contributed by atoms with van der Waals surface area (Å²) in [4.78, 5) is 24.9. The van der Waals surface area contributed by atoms with Gasteiger partial charge in [-0.05, 0) is 44.4 Å². The van der Waals surface area contributed by atoms with Crippen molar-refractivity contribution < 1.29 is 19.4 Å². The molecule has 1 aromatic rings. The molecule has 0 saturated carbocycles. The van der Waals surface area contributed by atoms with Crippen molar-refractivity contribution >= 4 is 11.9 Å². The second-order valence-electron chi connectivity index (χ2n) is 6.42. The molecule has 132 valence electrons. The van der Waals surface area contributed by atoms with Crippen LogP contribution in [0, 0.1) is 0 Å².